The number of hydrogen-bond donors (Lipinski definition) is 3. The van der Waals surface area contributed by atoms with Gasteiger partial charge in [0.1, 0.15) is 4.88 Å². The summed E-state index contributed by atoms with van der Waals surface area (Å²) in [4.78, 5) is 12.4. The number of carboxylic acids is 1. The Morgan fingerprint density at radius 1 is 1.12 bits per heavy atom. The lowest BCUT2D eigenvalue weighted by atomic mass is 10.1. The molecule has 0 spiro atoms. The first-order valence-electron chi connectivity index (χ1n) is 7.58. The van der Waals surface area contributed by atoms with Crippen molar-refractivity contribution < 1.29 is 18.7 Å². The van der Waals surface area contributed by atoms with Gasteiger partial charge >= 0.3 is 5.97 Å². The molecule has 0 saturated heterocycles. The van der Waals surface area contributed by atoms with E-state index in [1.54, 1.807) is 55.5 Å². The number of aryl methyl sites for hydroxylation is 1. The first-order valence-corrected chi connectivity index (χ1v) is 9.46. The van der Waals surface area contributed by atoms with Gasteiger partial charge in [-0.3, -0.25) is 4.55 Å². The largest absolute Gasteiger partial charge is 0.477 e. The lowest BCUT2D eigenvalue weighted by Crippen LogP contribution is -2.21. The van der Waals surface area contributed by atoms with Gasteiger partial charge in [0.2, 0.25) is 0 Å². The standard InChI is InChI=1S/C18H16N2O4S2/c1-11-5-2-3-8-14(11)20(26(23)24)15-10-16(25-17(15)18(21)22)12-6-4-7-13(19)9-12/h2-10H,19H2,1H3,(H,21,22)(H,23,24). The molecule has 0 bridgehead atoms. The van der Waals surface area contributed by atoms with E-state index in [0.717, 1.165) is 26.8 Å². The van der Waals surface area contributed by atoms with Gasteiger partial charge in [-0.1, -0.05) is 30.3 Å². The maximum atomic E-state index is 12.1. The molecule has 8 heteroatoms. The predicted molar refractivity (Wildman–Crippen MR) is 105 cm³/mol. The third kappa shape index (κ3) is 3.48. The molecule has 6 nitrogen and oxygen atoms in total. The van der Waals surface area contributed by atoms with Crippen LogP contribution < -0.4 is 10.0 Å². The van der Waals surface area contributed by atoms with Gasteiger partial charge in [-0.15, -0.1) is 11.3 Å². The smallest absolute Gasteiger partial charge is 0.348 e. The highest BCUT2D eigenvalue weighted by Gasteiger charge is 2.26. The van der Waals surface area contributed by atoms with E-state index in [9.17, 15) is 18.7 Å². The molecule has 4 N–H and O–H groups in total. The van der Waals surface area contributed by atoms with E-state index in [1.807, 2.05) is 6.07 Å². The Labute approximate surface area is 156 Å². The monoisotopic (exact) mass is 388 g/mol. The van der Waals surface area contributed by atoms with Crippen LogP contribution in [0.15, 0.2) is 54.6 Å². The van der Waals surface area contributed by atoms with E-state index >= 15 is 0 Å². The zero-order chi connectivity index (χ0) is 18.8. The fourth-order valence-electron chi connectivity index (χ4n) is 2.61. The summed E-state index contributed by atoms with van der Waals surface area (Å²) in [6.45, 7) is 1.79. The highest BCUT2D eigenvalue weighted by Crippen LogP contribution is 2.41. The van der Waals surface area contributed by atoms with Crippen LogP contribution in [0.4, 0.5) is 17.1 Å². The van der Waals surface area contributed by atoms with Crippen LogP contribution in [0.25, 0.3) is 10.4 Å². The van der Waals surface area contributed by atoms with Crippen molar-refractivity contribution in [2.45, 2.75) is 6.92 Å². The van der Waals surface area contributed by atoms with Crippen molar-refractivity contribution in [2.75, 3.05) is 10.0 Å². The lowest BCUT2D eigenvalue weighted by molar-refractivity contribution is 0.0703. The number of nitrogen functional groups attached to an aromatic ring is 1. The van der Waals surface area contributed by atoms with Crippen LogP contribution in [-0.4, -0.2) is 19.8 Å². The minimum absolute atomic E-state index is 0.0203. The number of benzene rings is 2. The molecule has 134 valence electrons. The molecule has 0 aliphatic heterocycles. The molecule has 1 aromatic heterocycles. The molecule has 3 rings (SSSR count). The van der Waals surface area contributed by atoms with E-state index in [4.69, 9.17) is 5.73 Å². The molecule has 0 aliphatic carbocycles. The van der Waals surface area contributed by atoms with Crippen molar-refractivity contribution in [3.05, 3.63) is 65.0 Å². The van der Waals surface area contributed by atoms with Gasteiger partial charge < -0.3 is 10.8 Å². The van der Waals surface area contributed by atoms with Gasteiger partial charge in [0.05, 0.1) is 11.4 Å². The Kier molecular flexibility index (Phi) is 5.08. The van der Waals surface area contributed by atoms with E-state index in [-0.39, 0.29) is 10.6 Å². The molecule has 0 amide bonds. The first-order chi connectivity index (χ1) is 12.4. The van der Waals surface area contributed by atoms with Crippen molar-refractivity contribution >= 4 is 45.6 Å². The predicted octanol–water partition coefficient (Wildman–Crippen LogP) is 4.28. The summed E-state index contributed by atoms with van der Waals surface area (Å²) in [5.74, 6) is -1.16. The molecule has 0 radical (unpaired) electrons. The molecular weight excluding hydrogens is 372 g/mol. The molecule has 1 unspecified atom stereocenters. The number of nitrogens with zero attached hydrogens (tertiary/aromatic N) is 1. The summed E-state index contributed by atoms with van der Waals surface area (Å²) < 4.78 is 23.0. The summed E-state index contributed by atoms with van der Waals surface area (Å²) >= 11 is -1.40. The molecule has 0 fully saturated rings. The second-order valence-corrected chi connectivity index (χ2v) is 7.45. The zero-order valence-corrected chi connectivity index (χ0v) is 15.4. The van der Waals surface area contributed by atoms with Crippen molar-refractivity contribution in [3.8, 4) is 10.4 Å². The quantitative estimate of drug-likeness (QED) is 0.447. The minimum Gasteiger partial charge on any atom is -0.477 e. The number of aromatic carboxylic acids is 1. The van der Waals surface area contributed by atoms with Gasteiger partial charge in [-0.2, -0.15) is 0 Å². The summed E-state index contributed by atoms with van der Waals surface area (Å²) in [5, 5.41) is 9.61. The fourth-order valence-corrected chi connectivity index (χ4v) is 4.33. The summed E-state index contributed by atoms with van der Waals surface area (Å²) in [6, 6.07) is 15.7. The maximum Gasteiger partial charge on any atom is 0.348 e. The van der Waals surface area contributed by atoms with Gasteiger partial charge in [0.25, 0.3) is 11.3 Å². The lowest BCUT2D eigenvalue weighted by Gasteiger charge is -2.21. The Morgan fingerprint density at radius 2 is 1.85 bits per heavy atom. The van der Waals surface area contributed by atoms with Gasteiger partial charge in [0, 0.05) is 10.6 Å². The minimum atomic E-state index is -2.44. The highest BCUT2D eigenvalue weighted by atomic mass is 32.2. The molecule has 26 heavy (non-hydrogen) atoms. The topological polar surface area (TPSA) is 104 Å². The normalized spacial score (nSPS) is 11.9. The summed E-state index contributed by atoms with van der Waals surface area (Å²) in [7, 11) is 0. The number of thiophene rings is 1. The average molecular weight is 388 g/mol. The Balaban J connectivity index is 2.20. The first kappa shape index (κ1) is 18.1. The maximum absolute atomic E-state index is 12.1. The van der Waals surface area contributed by atoms with Crippen molar-refractivity contribution in [3.63, 3.8) is 0 Å². The van der Waals surface area contributed by atoms with E-state index < -0.39 is 17.2 Å². The average Bonchev–Trinajstić information content (AvgIpc) is 3.02. The summed E-state index contributed by atoms with van der Waals surface area (Å²) in [5.41, 5.74) is 8.49. The van der Waals surface area contributed by atoms with Crippen molar-refractivity contribution in [1.82, 2.24) is 0 Å². The van der Waals surface area contributed by atoms with Gasteiger partial charge in [-0.05, 0) is 42.3 Å². The fraction of sp³-hybridized carbons (Fsp3) is 0.0556. The molecule has 0 aliphatic rings. The SMILES string of the molecule is Cc1ccccc1N(c1cc(-c2cccc(N)c2)sc1C(=O)O)S(=O)O. The van der Waals surface area contributed by atoms with Crippen LogP contribution >= 0.6 is 11.3 Å². The molecule has 1 atom stereocenters. The van der Waals surface area contributed by atoms with Crippen LogP contribution in [0.3, 0.4) is 0 Å². The number of para-hydroxylation sites is 1. The van der Waals surface area contributed by atoms with Gasteiger partial charge in [-0.25, -0.2) is 13.3 Å². The molecule has 1 heterocycles. The van der Waals surface area contributed by atoms with Crippen molar-refractivity contribution in [1.29, 1.82) is 0 Å². The third-order valence-corrected chi connectivity index (χ3v) is 5.65. The second-order valence-electron chi connectivity index (χ2n) is 5.57. The molecule has 0 saturated carbocycles. The number of hydrogen-bond acceptors (Lipinski definition) is 4. The molecule has 2 aromatic carbocycles. The second kappa shape index (κ2) is 7.28. The van der Waals surface area contributed by atoms with Crippen LogP contribution in [0.2, 0.25) is 0 Å². The Bertz CT molecular complexity index is 1000. The third-order valence-electron chi connectivity index (χ3n) is 3.79. The van der Waals surface area contributed by atoms with Crippen LogP contribution in [0.5, 0.6) is 0 Å². The van der Waals surface area contributed by atoms with Crippen LogP contribution in [0, 0.1) is 6.92 Å². The van der Waals surface area contributed by atoms with E-state index in [1.165, 1.54) is 0 Å². The van der Waals surface area contributed by atoms with Crippen LogP contribution in [-0.2, 0) is 11.3 Å². The Hall–Kier alpha value is -2.68. The number of rotatable bonds is 5. The van der Waals surface area contributed by atoms with Crippen LogP contribution in [0.1, 0.15) is 15.2 Å². The number of anilines is 3. The number of nitrogens with two attached hydrogens (primary N) is 1. The van der Waals surface area contributed by atoms with Crippen molar-refractivity contribution in [2.24, 2.45) is 0 Å². The zero-order valence-electron chi connectivity index (χ0n) is 13.7. The Morgan fingerprint density at radius 3 is 2.46 bits per heavy atom. The summed E-state index contributed by atoms with van der Waals surface area (Å²) in [6.07, 6.45) is 0. The number of carboxylic acid groups (broad SMARTS) is 1. The van der Waals surface area contributed by atoms with E-state index in [2.05, 4.69) is 0 Å². The molecule has 3 aromatic rings. The van der Waals surface area contributed by atoms with Gasteiger partial charge in [0.15, 0.2) is 0 Å². The highest BCUT2D eigenvalue weighted by molar-refractivity contribution is 7.81. The number of carbonyl (C=O) groups is 1. The molecular formula is C18H16N2O4S2. The van der Waals surface area contributed by atoms with E-state index in [0.29, 0.717) is 16.3 Å².